The smallest absolute Gasteiger partial charge is 0.357 e. The van der Waals surface area contributed by atoms with Gasteiger partial charge in [-0.3, -0.25) is 0 Å². The van der Waals surface area contributed by atoms with E-state index in [9.17, 15) is 4.79 Å². The molecule has 2 heterocycles. The van der Waals surface area contributed by atoms with Gasteiger partial charge in [0.2, 0.25) is 0 Å². The first-order valence-corrected chi connectivity index (χ1v) is 5.15. The minimum absolute atomic E-state index is 0.0682. The summed E-state index contributed by atoms with van der Waals surface area (Å²) >= 11 is 0. The molecular weight excluding hydrogens is 212 g/mol. The second-order valence-electron chi connectivity index (χ2n) is 3.97. The molecule has 0 spiro atoms. The Morgan fingerprint density at radius 2 is 2.38 bits per heavy atom. The minimum atomic E-state index is -1.08. The number of anilines is 1. The van der Waals surface area contributed by atoms with E-state index in [2.05, 4.69) is 4.98 Å². The number of ether oxygens (including phenoxy) is 1. The van der Waals surface area contributed by atoms with Crippen molar-refractivity contribution in [1.82, 2.24) is 4.98 Å². The summed E-state index contributed by atoms with van der Waals surface area (Å²) < 4.78 is 10.6. The van der Waals surface area contributed by atoms with E-state index in [0.29, 0.717) is 19.2 Å². The van der Waals surface area contributed by atoms with Gasteiger partial charge in [-0.1, -0.05) is 0 Å². The molecule has 1 aliphatic rings. The minimum Gasteiger partial charge on any atom is -0.476 e. The first kappa shape index (κ1) is 10.9. The summed E-state index contributed by atoms with van der Waals surface area (Å²) in [5, 5.41) is 8.75. The number of hydrogen-bond acceptors (Lipinski definition) is 5. The zero-order valence-electron chi connectivity index (χ0n) is 9.21. The Balaban J connectivity index is 2.18. The standard InChI is InChI=1S/C10H14N2O4/c1-6-4-15-7(2)3-12(6)10-11-8(5-16-10)9(13)14/h5-7H,3-4H2,1-2H3,(H,13,14). The van der Waals surface area contributed by atoms with Gasteiger partial charge in [0.1, 0.15) is 6.26 Å². The molecule has 1 fully saturated rings. The average Bonchev–Trinajstić information content (AvgIpc) is 2.70. The highest BCUT2D eigenvalue weighted by molar-refractivity contribution is 5.85. The van der Waals surface area contributed by atoms with Crippen molar-refractivity contribution in [3.63, 3.8) is 0 Å². The van der Waals surface area contributed by atoms with Gasteiger partial charge in [0.05, 0.1) is 18.8 Å². The maximum atomic E-state index is 10.7. The second-order valence-corrected chi connectivity index (χ2v) is 3.97. The molecule has 0 bridgehead atoms. The van der Waals surface area contributed by atoms with Crippen LogP contribution in [-0.2, 0) is 4.74 Å². The molecule has 0 aliphatic carbocycles. The fourth-order valence-corrected chi connectivity index (χ4v) is 1.66. The van der Waals surface area contributed by atoms with Gasteiger partial charge in [-0.15, -0.1) is 0 Å². The van der Waals surface area contributed by atoms with E-state index >= 15 is 0 Å². The van der Waals surface area contributed by atoms with Gasteiger partial charge < -0.3 is 19.2 Å². The number of oxazole rings is 1. The van der Waals surface area contributed by atoms with Crippen molar-refractivity contribution in [1.29, 1.82) is 0 Å². The molecule has 0 amide bonds. The SMILES string of the molecule is CC1CN(c2nc(C(=O)O)co2)C(C)CO1. The Bertz CT molecular complexity index is 390. The number of hydrogen-bond donors (Lipinski definition) is 1. The third-order valence-corrected chi connectivity index (χ3v) is 2.56. The van der Waals surface area contributed by atoms with Crippen LogP contribution in [0.3, 0.4) is 0 Å². The highest BCUT2D eigenvalue weighted by atomic mass is 16.5. The Kier molecular flexibility index (Phi) is 2.82. The normalized spacial score (nSPS) is 25.8. The lowest BCUT2D eigenvalue weighted by molar-refractivity contribution is 0.0322. The first-order chi connectivity index (χ1) is 7.58. The van der Waals surface area contributed by atoms with Gasteiger partial charge in [0.15, 0.2) is 5.69 Å². The van der Waals surface area contributed by atoms with Crippen molar-refractivity contribution in [2.24, 2.45) is 0 Å². The van der Waals surface area contributed by atoms with Crippen LogP contribution in [-0.4, -0.2) is 41.4 Å². The van der Waals surface area contributed by atoms with Gasteiger partial charge in [-0.2, -0.15) is 4.98 Å². The Morgan fingerprint density at radius 1 is 1.62 bits per heavy atom. The fraction of sp³-hybridized carbons (Fsp3) is 0.600. The number of carboxylic acid groups (broad SMARTS) is 1. The van der Waals surface area contributed by atoms with Crippen LogP contribution in [0, 0.1) is 0 Å². The molecule has 16 heavy (non-hydrogen) atoms. The molecule has 1 N–H and O–H groups in total. The summed E-state index contributed by atoms with van der Waals surface area (Å²) in [6.45, 7) is 5.18. The van der Waals surface area contributed by atoms with Crippen LogP contribution >= 0.6 is 0 Å². The van der Waals surface area contributed by atoms with Crippen LogP contribution in [0.5, 0.6) is 0 Å². The van der Waals surface area contributed by atoms with Gasteiger partial charge in [0.25, 0.3) is 6.01 Å². The predicted octanol–water partition coefficient (Wildman–Crippen LogP) is 0.986. The van der Waals surface area contributed by atoms with Crippen molar-refractivity contribution >= 4 is 12.0 Å². The third-order valence-electron chi connectivity index (χ3n) is 2.56. The molecule has 0 aromatic carbocycles. The molecule has 0 saturated carbocycles. The molecule has 1 saturated heterocycles. The van der Waals surface area contributed by atoms with Crippen LogP contribution in [0.1, 0.15) is 24.3 Å². The molecule has 2 unspecified atom stereocenters. The second kappa shape index (κ2) is 4.13. The number of aromatic nitrogens is 1. The first-order valence-electron chi connectivity index (χ1n) is 5.15. The van der Waals surface area contributed by atoms with E-state index in [0.717, 1.165) is 6.26 Å². The zero-order valence-corrected chi connectivity index (χ0v) is 9.21. The molecule has 2 rings (SSSR count). The van der Waals surface area contributed by atoms with Crippen LogP contribution in [0.2, 0.25) is 0 Å². The largest absolute Gasteiger partial charge is 0.476 e. The van der Waals surface area contributed by atoms with Gasteiger partial charge in [0, 0.05) is 6.54 Å². The van der Waals surface area contributed by atoms with E-state index in [1.165, 1.54) is 0 Å². The summed E-state index contributed by atoms with van der Waals surface area (Å²) in [5.41, 5.74) is -0.0682. The third kappa shape index (κ3) is 2.01. The number of morpholine rings is 1. The number of rotatable bonds is 2. The van der Waals surface area contributed by atoms with Crippen molar-refractivity contribution < 1.29 is 19.1 Å². The van der Waals surface area contributed by atoms with E-state index < -0.39 is 5.97 Å². The quantitative estimate of drug-likeness (QED) is 0.810. The van der Waals surface area contributed by atoms with Crippen molar-refractivity contribution in [2.75, 3.05) is 18.1 Å². The number of carboxylic acids is 1. The highest BCUT2D eigenvalue weighted by Gasteiger charge is 2.27. The average molecular weight is 226 g/mol. The lowest BCUT2D eigenvalue weighted by Crippen LogP contribution is -2.47. The van der Waals surface area contributed by atoms with Crippen molar-refractivity contribution in [3.8, 4) is 0 Å². The lowest BCUT2D eigenvalue weighted by atomic mass is 10.2. The van der Waals surface area contributed by atoms with Gasteiger partial charge in [-0.25, -0.2) is 4.79 Å². The molecule has 1 aromatic rings. The molecule has 88 valence electrons. The van der Waals surface area contributed by atoms with E-state index in [1.54, 1.807) is 0 Å². The molecule has 1 aliphatic heterocycles. The fourth-order valence-electron chi connectivity index (χ4n) is 1.66. The zero-order chi connectivity index (χ0) is 11.7. The number of aromatic carboxylic acids is 1. The maximum absolute atomic E-state index is 10.7. The Hall–Kier alpha value is -1.56. The lowest BCUT2D eigenvalue weighted by Gasteiger charge is -2.35. The van der Waals surface area contributed by atoms with Gasteiger partial charge >= 0.3 is 5.97 Å². The van der Waals surface area contributed by atoms with E-state index in [-0.39, 0.29) is 17.8 Å². The van der Waals surface area contributed by atoms with E-state index in [4.69, 9.17) is 14.3 Å². The summed E-state index contributed by atoms with van der Waals surface area (Å²) in [7, 11) is 0. The molecule has 0 radical (unpaired) electrons. The van der Waals surface area contributed by atoms with Crippen LogP contribution in [0.25, 0.3) is 0 Å². The molecule has 2 atom stereocenters. The summed E-state index contributed by atoms with van der Waals surface area (Å²) in [6, 6.07) is 0.483. The molecule has 6 heteroatoms. The Labute approximate surface area is 92.8 Å². The van der Waals surface area contributed by atoms with Crippen LogP contribution in [0.4, 0.5) is 6.01 Å². The predicted molar refractivity (Wildman–Crippen MR) is 55.7 cm³/mol. The van der Waals surface area contributed by atoms with Crippen LogP contribution in [0.15, 0.2) is 10.7 Å². The summed E-state index contributed by atoms with van der Waals surface area (Å²) in [6.07, 6.45) is 1.25. The topological polar surface area (TPSA) is 75.8 Å². The monoisotopic (exact) mass is 226 g/mol. The van der Waals surface area contributed by atoms with E-state index in [1.807, 2.05) is 18.7 Å². The summed E-state index contributed by atoms with van der Waals surface area (Å²) in [4.78, 5) is 16.5. The van der Waals surface area contributed by atoms with Gasteiger partial charge in [-0.05, 0) is 13.8 Å². The van der Waals surface area contributed by atoms with Crippen molar-refractivity contribution in [3.05, 3.63) is 12.0 Å². The number of nitrogens with zero attached hydrogens (tertiary/aromatic N) is 2. The molecular formula is C10H14N2O4. The maximum Gasteiger partial charge on any atom is 0.357 e. The van der Waals surface area contributed by atoms with Crippen LogP contribution < -0.4 is 4.90 Å². The Morgan fingerprint density at radius 3 is 3.00 bits per heavy atom. The molecule has 1 aromatic heterocycles. The summed E-state index contributed by atoms with van der Waals surface area (Å²) in [5.74, 6) is -1.08. The highest BCUT2D eigenvalue weighted by Crippen LogP contribution is 2.20. The molecule has 6 nitrogen and oxygen atoms in total. The number of carbonyl (C=O) groups is 1. The van der Waals surface area contributed by atoms with Crippen molar-refractivity contribution in [2.45, 2.75) is 26.0 Å².